The number of anilines is 2. The summed E-state index contributed by atoms with van der Waals surface area (Å²) in [5, 5.41) is 5.15. The van der Waals surface area contributed by atoms with E-state index in [9.17, 15) is 4.79 Å². The summed E-state index contributed by atoms with van der Waals surface area (Å²) >= 11 is 1.63. The average molecular weight is 474 g/mol. The topological polar surface area (TPSA) is 71.8 Å². The molecular weight excluding hydrogens is 446 g/mol. The Bertz CT molecular complexity index is 1400. The minimum Gasteiger partial charge on any atom is -0.497 e. The Hall–Kier alpha value is -3.65. The maximum absolute atomic E-state index is 13.8. The molecule has 0 atom stereocenters. The summed E-state index contributed by atoms with van der Waals surface area (Å²) in [5.41, 5.74) is 6.91. The molecule has 0 saturated carbocycles. The third-order valence-corrected chi connectivity index (χ3v) is 7.29. The molecule has 2 heterocycles. The van der Waals surface area contributed by atoms with Gasteiger partial charge in [-0.25, -0.2) is 15.0 Å². The van der Waals surface area contributed by atoms with Crippen molar-refractivity contribution in [2.24, 2.45) is 5.10 Å². The van der Waals surface area contributed by atoms with Crippen LogP contribution in [0.15, 0.2) is 58.4 Å². The van der Waals surface area contributed by atoms with E-state index < -0.39 is 0 Å². The molecule has 34 heavy (non-hydrogen) atoms. The van der Waals surface area contributed by atoms with Crippen LogP contribution in [0.2, 0.25) is 0 Å². The van der Waals surface area contributed by atoms with Crippen molar-refractivity contribution in [1.29, 1.82) is 0 Å². The number of aromatic nitrogens is 2. The van der Waals surface area contributed by atoms with Gasteiger partial charge in [-0.05, 0) is 73.2 Å². The molecule has 0 unspecified atom stereocenters. The molecule has 5 rings (SSSR count). The molecule has 0 aliphatic heterocycles. The monoisotopic (exact) mass is 473 g/mol. The van der Waals surface area contributed by atoms with Crippen LogP contribution in [0, 0.1) is 0 Å². The Morgan fingerprint density at radius 2 is 1.82 bits per heavy atom. The fraction of sp³-hybridized carbons (Fsp3) is 0.269. The molecule has 7 nitrogen and oxygen atoms in total. The van der Waals surface area contributed by atoms with Crippen LogP contribution in [0.1, 0.15) is 28.8 Å². The first kappa shape index (κ1) is 22.2. The third-order valence-electron chi connectivity index (χ3n) is 6.11. The summed E-state index contributed by atoms with van der Waals surface area (Å²) in [6, 6.07) is 15.5. The van der Waals surface area contributed by atoms with Gasteiger partial charge in [-0.3, -0.25) is 4.79 Å². The van der Waals surface area contributed by atoms with E-state index in [1.54, 1.807) is 29.2 Å². The first-order valence-corrected chi connectivity index (χ1v) is 12.1. The highest BCUT2D eigenvalue weighted by atomic mass is 32.1. The van der Waals surface area contributed by atoms with E-state index in [1.807, 2.05) is 67.5 Å². The van der Waals surface area contributed by atoms with E-state index >= 15 is 0 Å². The largest absolute Gasteiger partial charge is 0.497 e. The molecule has 1 aliphatic rings. The Balaban J connectivity index is 1.57. The number of hydrogen-bond donors (Lipinski definition) is 1. The van der Waals surface area contributed by atoms with Gasteiger partial charge in [0.2, 0.25) is 5.95 Å². The van der Waals surface area contributed by atoms with Gasteiger partial charge < -0.3 is 9.64 Å². The summed E-state index contributed by atoms with van der Waals surface area (Å²) in [6.07, 6.45) is 5.95. The number of thiophene rings is 1. The van der Waals surface area contributed by atoms with Crippen LogP contribution in [-0.4, -0.2) is 37.0 Å². The van der Waals surface area contributed by atoms with E-state index in [0.29, 0.717) is 11.6 Å². The number of hydrogen-bond acceptors (Lipinski definition) is 7. The molecule has 2 aromatic heterocycles. The van der Waals surface area contributed by atoms with Crippen molar-refractivity contribution in [3.05, 3.63) is 74.9 Å². The number of rotatable bonds is 6. The zero-order valence-corrected chi connectivity index (χ0v) is 20.4. The normalized spacial score (nSPS) is 13.3. The first-order valence-electron chi connectivity index (χ1n) is 11.3. The lowest BCUT2D eigenvalue weighted by atomic mass is 9.97. The molecule has 0 amide bonds. The number of nitrogens with zero attached hydrogens (tertiary/aromatic N) is 4. The molecule has 1 aliphatic carbocycles. The molecule has 4 aromatic rings. The van der Waals surface area contributed by atoms with Gasteiger partial charge >= 0.3 is 0 Å². The van der Waals surface area contributed by atoms with Crippen molar-refractivity contribution in [3.63, 3.8) is 0 Å². The number of nitrogens with one attached hydrogen (secondary N) is 1. The summed E-state index contributed by atoms with van der Waals surface area (Å²) in [7, 11) is 5.64. The van der Waals surface area contributed by atoms with Crippen molar-refractivity contribution in [3.8, 4) is 11.4 Å². The van der Waals surface area contributed by atoms with Crippen molar-refractivity contribution >= 4 is 39.4 Å². The maximum Gasteiger partial charge on any atom is 0.268 e. The smallest absolute Gasteiger partial charge is 0.268 e. The quantitative estimate of drug-likeness (QED) is 0.320. The van der Waals surface area contributed by atoms with Gasteiger partial charge in [-0.2, -0.15) is 5.10 Å². The van der Waals surface area contributed by atoms with Gasteiger partial charge in [0.05, 0.1) is 24.4 Å². The van der Waals surface area contributed by atoms with E-state index in [-0.39, 0.29) is 5.56 Å². The van der Waals surface area contributed by atoms with Crippen LogP contribution in [0.4, 0.5) is 11.6 Å². The maximum atomic E-state index is 13.8. The van der Waals surface area contributed by atoms with Crippen molar-refractivity contribution in [2.45, 2.75) is 25.7 Å². The number of ether oxygens (including phenoxy) is 1. The number of aryl methyl sites for hydroxylation is 2. The van der Waals surface area contributed by atoms with Gasteiger partial charge in [0.15, 0.2) is 0 Å². The molecule has 174 valence electrons. The third kappa shape index (κ3) is 4.17. The molecule has 0 bridgehead atoms. The molecule has 0 radical (unpaired) electrons. The van der Waals surface area contributed by atoms with Gasteiger partial charge in [0.1, 0.15) is 10.6 Å². The summed E-state index contributed by atoms with van der Waals surface area (Å²) in [4.78, 5) is 22.7. The van der Waals surface area contributed by atoms with Crippen LogP contribution in [0.5, 0.6) is 5.75 Å². The second-order valence-electron chi connectivity index (χ2n) is 8.52. The number of benzene rings is 2. The zero-order chi connectivity index (χ0) is 23.7. The second-order valence-corrected chi connectivity index (χ2v) is 9.60. The van der Waals surface area contributed by atoms with Gasteiger partial charge in [-0.1, -0.05) is 12.1 Å². The standard InChI is InChI=1S/C26H27N5O2S/c1-30(2)18-10-8-17(9-11-18)16-27-29-26-28-24-23(21-6-4-5-7-22(21)34-24)25(32)31(26)19-12-14-20(33-3)15-13-19/h8-16H,4-7H2,1-3H3,(H,28,29)/b27-16+. The lowest BCUT2D eigenvalue weighted by molar-refractivity contribution is 0.414. The van der Waals surface area contributed by atoms with Crippen LogP contribution < -0.4 is 20.6 Å². The predicted octanol–water partition coefficient (Wildman–Crippen LogP) is 4.85. The Morgan fingerprint density at radius 3 is 2.53 bits per heavy atom. The second kappa shape index (κ2) is 9.30. The minimum atomic E-state index is -0.0670. The van der Waals surface area contributed by atoms with Crippen molar-refractivity contribution in [2.75, 3.05) is 31.5 Å². The number of fused-ring (bicyclic) bond motifs is 3. The van der Waals surface area contributed by atoms with Crippen LogP contribution in [-0.2, 0) is 12.8 Å². The highest BCUT2D eigenvalue weighted by molar-refractivity contribution is 7.18. The molecule has 0 saturated heterocycles. The Kier molecular flexibility index (Phi) is 6.06. The van der Waals surface area contributed by atoms with Crippen LogP contribution >= 0.6 is 11.3 Å². The van der Waals surface area contributed by atoms with Gasteiger partial charge in [-0.15, -0.1) is 11.3 Å². The number of hydrazone groups is 1. The fourth-order valence-electron chi connectivity index (χ4n) is 4.27. The highest BCUT2D eigenvalue weighted by Gasteiger charge is 2.22. The molecule has 2 aromatic carbocycles. The highest BCUT2D eigenvalue weighted by Crippen LogP contribution is 2.34. The molecule has 0 spiro atoms. The number of methoxy groups -OCH3 is 1. The molecule has 1 N–H and O–H groups in total. The molecule has 0 fully saturated rings. The van der Waals surface area contributed by atoms with Crippen molar-refractivity contribution in [1.82, 2.24) is 9.55 Å². The Labute approximate surface area is 202 Å². The molecule has 8 heteroatoms. The summed E-state index contributed by atoms with van der Waals surface area (Å²) in [6.45, 7) is 0. The van der Waals surface area contributed by atoms with Crippen LogP contribution in [0.25, 0.3) is 15.9 Å². The summed E-state index contributed by atoms with van der Waals surface area (Å²) in [5.74, 6) is 1.12. The fourth-order valence-corrected chi connectivity index (χ4v) is 5.53. The lowest BCUT2D eigenvalue weighted by Crippen LogP contribution is -2.23. The van der Waals surface area contributed by atoms with Crippen LogP contribution in [0.3, 0.4) is 0 Å². The van der Waals surface area contributed by atoms with Crippen molar-refractivity contribution < 1.29 is 4.74 Å². The molecular formula is C26H27N5O2S. The summed E-state index contributed by atoms with van der Waals surface area (Å²) < 4.78 is 6.90. The van der Waals surface area contributed by atoms with Gasteiger partial charge in [0, 0.05) is 24.7 Å². The predicted molar refractivity (Wildman–Crippen MR) is 140 cm³/mol. The minimum absolute atomic E-state index is 0.0670. The Morgan fingerprint density at radius 1 is 1.09 bits per heavy atom. The van der Waals surface area contributed by atoms with E-state index in [2.05, 4.69) is 10.5 Å². The SMILES string of the molecule is COc1ccc(-n2c(N/N=C/c3ccc(N(C)C)cc3)nc3sc4c(c3c2=O)CCCC4)cc1. The van der Waals surface area contributed by atoms with E-state index in [4.69, 9.17) is 9.72 Å². The van der Waals surface area contributed by atoms with E-state index in [0.717, 1.165) is 52.9 Å². The van der Waals surface area contributed by atoms with E-state index in [1.165, 1.54) is 10.4 Å². The van der Waals surface area contributed by atoms with Gasteiger partial charge in [0.25, 0.3) is 5.56 Å². The lowest BCUT2D eigenvalue weighted by Gasteiger charge is -2.14. The first-order chi connectivity index (χ1) is 16.5. The average Bonchev–Trinajstić information content (AvgIpc) is 3.23. The zero-order valence-electron chi connectivity index (χ0n) is 19.5.